The second-order valence-corrected chi connectivity index (χ2v) is 4.71. The summed E-state index contributed by atoms with van der Waals surface area (Å²) in [6.45, 7) is 1.23. The Morgan fingerprint density at radius 3 is 2.47 bits per heavy atom. The van der Waals surface area contributed by atoms with Crippen molar-refractivity contribution >= 4 is 22.4 Å². The van der Waals surface area contributed by atoms with Crippen molar-refractivity contribution in [2.45, 2.75) is 4.87 Å². The van der Waals surface area contributed by atoms with Crippen LogP contribution in [0.1, 0.15) is 5.56 Å². The van der Waals surface area contributed by atoms with Crippen molar-refractivity contribution in [3.05, 3.63) is 48.0 Å². The molecule has 0 atom stereocenters. The first-order valence-corrected chi connectivity index (χ1v) is 5.42. The number of ether oxygens (including phenoxy) is 1. The van der Waals surface area contributed by atoms with Crippen LogP contribution in [0.25, 0.3) is 10.8 Å². The van der Waals surface area contributed by atoms with Crippen molar-refractivity contribution in [1.82, 2.24) is 0 Å². The Morgan fingerprint density at radius 2 is 1.73 bits per heavy atom. The van der Waals surface area contributed by atoms with E-state index in [0.29, 0.717) is 13.2 Å². The molecule has 0 unspecified atom stereocenters. The average Bonchev–Trinajstić information content (AvgIpc) is 2.25. The van der Waals surface area contributed by atoms with Crippen molar-refractivity contribution in [1.29, 1.82) is 0 Å². The average molecular weight is 219 g/mol. The highest BCUT2D eigenvalue weighted by Gasteiger charge is 2.39. The first kappa shape index (κ1) is 9.20. The highest BCUT2D eigenvalue weighted by molar-refractivity contribution is 6.25. The summed E-state index contributed by atoms with van der Waals surface area (Å²) >= 11 is 6.49. The molecule has 1 nitrogen and oxygen atoms in total. The Hall–Kier alpha value is -1.05. The molecule has 2 heteroatoms. The molecule has 1 saturated heterocycles. The van der Waals surface area contributed by atoms with E-state index < -0.39 is 0 Å². The minimum absolute atomic E-state index is 0.305. The summed E-state index contributed by atoms with van der Waals surface area (Å²) in [6, 6.07) is 14.6. The smallest absolute Gasteiger partial charge is 0.117 e. The predicted molar refractivity (Wildman–Crippen MR) is 62.3 cm³/mol. The highest BCUT2D eigenvalue weighted by atomic mass is 35.5. The molecule has 0 bridgehead atoms. The van der Waals surface area contributed by atoms with Gasteiger partial charge in [-0.15, -0.1) is 11.6 Å². The van der Waals surface area contributed by atoms with Crippen LogP contribution in [0.2, 0.25) is 0 Å². The third-order valence-electron chi connectivity index (χ3n) is 2.93. The zero-order valence-corrected chi connectivity index (χ0v) is 9.00. The van der Waals surface area contributed by atoms with E-state index in [1.165, 1.54) is 16.3 Å². The minimum Gasteiger partial charge on any atom is -0.377 e. The first-order valence-electron chi connectivity index (χ1n) is 5.04. The largest absolute Gasteiger partial charge is 0.377 e. The Labute approximate surface area is 93.6 Å². The molecule has 1 heterocycles. The summed E-state index contributed by atoms with van der Waals surface area (Å²) in [6.07, 6.45) is 0. The zero-order chi connectivity index (χ0) is 10.3. The lowest BCUT2D eigenvalue weighted by atomic mass is 9.91. The maximum Gasteiger partial charge on any atom is 0.117 e. The molecule has 0 N–H and O–H groups in total. The molecule has 2 aromatic rings. The number of rotatable bonds is 1. The second-order valence-electron chi connectivity index (χ2n) is 3.98. The summed E-state index contributed by atoms with van der Waals surface area (Å²) in [5, 5.41) is 2.47. The molecule has 76 valence electrons. The van der Waals surface area contributed by atoms with Crippen molar-refractivity contribution < 1.29 is 4.74 Å². The van der Waals surface area contributed by atoms with Crippen molar-refractivity contribution in [3.8, 4) is 0 Å². The summed E-state index contributed by atoms with van der Waals surface area (Å²) in [7, 11) is 0. The lowest BCUT2D eigenvalue weighted by Gasteiger charge is -2.36. The molecule has 3 rings (SSSR count). The highest BCUT2D eigenvalue weighted by Crippen LogP contribution is 2.39. The summed E-state index contributed by atoms with van der Waals surface area (Å²) in [4.78, 5) is -0.305. The molecule has 0 amide bonds. The fourth-order valence-electron chi connectivity index (χ4n) is 2.05. The van der Waals surface area contributed by atoms with E-state index in [4.69, 9.17) is 16.3 Å². The normalized spacial score (nSPS) is 18.7. The number of alkyl halides is 1. The summed E-state index contributed by atoms with van der Waals surface area (Å²) in [5.41, 5.74) is 1.19. The minimum atomic E-state index is -0.305. The van der Waals surface area contributed by atoms with E-state index in [1.54, 1.807) is 0 Å². The lowest BCUT2D eigenvalue weighted by Crippen LogP contribution is -2.41. The molecule has 0 aromatic heterocycles. The van der Waals surface area contributed by atoms with Gasteiger partial charge < -0.3 is 4.74 Å². The van der Waals surface area contributed by atoms with Crippen LogP contribution in [-0.4, -0.2) is 13.2 Å². The fraction of sp³-hybridized carbons (Fsp3) is 0.231. The number of benzene rings is 2. The van der Waals surface area contributed by atoms with Gasteiger partial charge in [-0.3, -0.25) is 0 Å². The van der Waals surface area contributed by atoms with Crippen LogP contribution in [0.5, 0.6) is 0 Å². The quantitative estimate of drug-likeness (QED) is 0.668. The van der Waals surface area contributed by atoms with Gasteiger partial charge in [0, 0.05) is 0 Å². The molecule has 15 heavy (non-hydrogen) atoms. The number of hydrogen-bond donors (Lipinski definition) is 0. The Morgan fingerprint density at radius 1 is 1.00 bits per heavy atom. The van der Waals surface area contributed by atoms with Crippen LogP contribution in [-0.2, 0) is 9.61 Å². The Kier molecular flexibility index (Phi) is 1.98. The number of fused-ring (bicyclic) bond motifs is 1. The summed E-state index contributed by atoms with van der Waals surface area (Å²) in [5.74, 6) is 0. The molecular formula is C13H11ClO. The van der Waals surface area contributed by atoms with Gasteiger partial charge in [0.15, 0.2) is 0 Å². The number of hydrogen-bond acceptors (Lipinski definition) is 1. The van der Waals surface area contributed by atoms with Crippen molar-refractivity contribution in [3.63, 3.8) is 0 Å². The van der Waals surface area contributed by atoms with E-state index in [0.717, 1.165) is 0 Å². The van der Waals surface area contributed by atoms with Gasteiger partial charge in [-0.2, -0.15) is 0 Å². The van der Waals surface area contributed by atoms with Crippen LogP contribution >= 0.6 is 11.6 Å². The predicted octanol–water partition coefficient (Wildman–Crippen LogP) is 3.30. The third kappa shape index (κ3) is 1.35. The van der Waals surface area contributed by atoms with Crippen molar-refractivity contribution in [2.75, 3.05) is 13.2 Å². The number of halogens is 1. The molecule has 1 fully saturated rings. The van der Waals surface area contributed by atoms with Gasteiger partial charge in [0.05, 0.1) is 13.2 Å². The zero-order valence-electron chi connectivity index (χ0n) is 8.24. The Balaban J connectivity index is 2.26. The standard InChI is InChI=1S/C13H11ClO/c14-13(8-15-9-13)12-7-3-5-10-4-1-2-6-11(10)12/h1-7H,8-9H2. The van der Waals surface area contributed by atoms with Gasteiger partial charge >= 0.3 is 0 Å². The molecule has 0 spiro atoms. The molecule has 1 aliphatic heterocycles. The maximum atomic E-state index is 6.49. The molecule has 0 radical (unpaired) electrons. The molecule has 0 aliphatic carbocycles. The van der Waals surface area contributed by atoms with E-state index >= 15 is 0 Å². The van der Waals surface area contributed by atoms with Gasteiger partial charge in [-0.05, 0) is 16.3 Å². The van der Waals surface area contributed by atoms with Crippen LogP contribution in [0, 0.1) is 0 Å². The monoisotopic (exact) mass is 218 g/mol. The fourth-order valence-corrected chi connectivity index (χ4v) is 2.37. The molecule has 1 aliphatic rings. The van der Waals surface area contributed by atoms with E-state index in [-0.39, 0.29) is 4.87 Å². The van der Waals surface area contributed by atoms with Crippen molar-refractivity contribution in [2.24, 2.45) is 0 Å². The van der Waals surface area contributed by atoms with Crippen LogP contribution in [0.15, 0.2) is 42.5 Å². The van der Waals surface area contributed by atoms with Crippen LogP contribution in [0.4, 0.5) is 0 Å². The van der Waals surface area contributed by atoms with Gasteiger partial charge in [0.2, 0.25) is 0 Å². The lowest BCUT2D eigenvalue weighted by molar-refractivity contribution is -0.0145. The van der Waals surface area contributed by atoms with Gasteiger partial charge in [0.25, 0.3) is 0 Å². The van der Waals surface area contributed by atoms with Crippen LogP contribution in [0.3, 0.4) is 0 Å². The maximum absolute atomic E-state index is 6.49. The summed E-state index contributed by atoms with van der Waals surface area (Å²) < 4.78 is 5.21. The molecule has 0 saturated carbocycles. The van der Waals surface area contributed by atoms with E-state index in [9.17, 15) is 0 Å². The molecular weight excluding hydrogens is 208 g/mol. The second kappa shape index (κ2) is 3.22. The first-order chi connectivity index (χ1) is 7.30. The van der Waals surface area contributed by atoms with Gasteiger partial charge in [0.1, 0.15) is 4.87 Å². The van der Waals surface area contributed by atoms with Crippen LogP contribution < -0.4 is 0 Å². The SMILES string of the molecule is ClC1(c2cccc3ccccc23)COC1. The molecule has 2 aromatic carbocycles. The van der Waals surface area contributed by atoms with E-state index in [2.05, 4.69) is 30.3 Å². The van der Waals surface area contributed by atoms with E-state index in [1.807, 2.05) is 12.1 Å². The topological polar surface area (TPSA) is 9.23 Å². The third-order valence-corrected chi connectivity index (χ3v) is 3.36. The van der Waals surface area contributed by atoms with Gasteiger partial charge in [-0.25, -0.2) is 0 Å². The van der Waals surface area contributed by atoms with Gasteiger partial charge in [-0.1, -0.05) is 42.5 Å². The Bertz CT molecular complexity index is 497.